The molecule has 2 heterocycles. The zero-order valence-electron chi connectivity index (χ0n) is 13.8. The minimum atomic E-state index is -0.113. The van der Waals surface area contributed by atoms with Gasteiger partial charge in [0.25, 0.3) is 0 Å². The van der Waals surface area contributed by atoms with E-state index in [-0.39, 0.29) is 11.9 Å². The Bertz CT molecular complexity index is 802. The Kier molecular flexibility index (Phi) is 6.26. The molecule has 0 unspecified atom stereocenters. The Balaban J connectivity index is 1.64. The molecule has 130 valence electrons. The van der Waals surface area contributed by atoms with Crippen LogP contribution in [-0.2, 0) is 11.3 Å². The van der Waals surface area contributed by atoms with Gasteiger partial charge in [0, 0.05) is 16.3 Å². The summed E-state index contributed by atoms with van der Waals surface area (Å²) in [6.45, 7) is 1.05. The highest BCUT2D eigenvalue weighted by molar-refractivity contribution is 7.16. The van der Waals surface area contributed by atoms with Crippen LogP contribution < -0.4 is 5.32 Å². The number of halogens is 1. The first-order valence-electron chi connectivity index (χ1n) is 7.92. The van der Waals surface area contributed by atoms with Crippen LogP contribution in [-0.4, -0.2) is 24.4 Å². The number of amides is 1. The van der Waals surface area contributed by atoms with E-state index < -0.39 is 0 Å². The van der Waals surface area contributed by atoms with E-state index >= 15 is 0 Å². The van der Waals surface area contributed by atoms with E-state index in [9.17, 15) is 4.79 Å². The standard InChI is InChI=1S/C19H19ClN2OS2/c1-22(12-15-9-10-17(20)25-15)13-18(23)21-19(16-8-5-11-24-16)14-6-3-2-4-7-14/h2-11,19H,12-13H2,1H3,(H,21,23)/t19-/m0/s1. The Morgan fingerprint density at radius 3 is 2.60 bits per heavy atom. The van der Waals surface area contributed by atoms with Crippen molar-refractivity contribution in [3.63, 3.8) is 0 Å². The zero-order valence-corrected chi connectivity index (χ0v) is 16.2. The molecule has 0 radical (unpaired) electrons. The summed E-state index contributed by atoms with van der Waals surface area (Å²) in [6.07, 6.45) is 0. The molecule has 1 atom stereocenters. The average Bonchev–Trinajstić information content (AvgIpc) is 3.25. The summed E-state index contributed by atoms with van der Waals surface area (Å²) in [6, 6.07) is 17.9. The van der Waals surface area contributed by atoms with E-state index in [0.29, 0.717) is 13.1 Å². The molecule has 0 saturated carbocycles. The van der Waals surface area contributed by atoms with Crippen LogP contribution in [0.25, 0.3) is 0 Å². The predicted octanol–water partition coefficient (Wildman–Crippen LogP) is 4.80. The molecular formula is C19H19ClN2OS2. The van der Waals surface area contributed by atoms with Crippen LogP contribution in [0.5, 0.6) is 0 Å². The first-order chi connectivity index (χ1) is 12.1. The molecule has 1 N–H and O–H groups in total. The smallest absolute Gasteiger partial charge is 0.234 e. The summed E-state index contributed by atoms with van der Waals surface area (Å²) in [5.41, 5.74) is 1.09. The Morgan fingerprint density at radius 1 is 1.16 bits per heavy atom. The number of rotatable bonds is 7. The van der Waals surface area contributed by atoms with Gasteiger partial charge in [0.15, 0.2) is 0 Å². The van der Waals surface area contributed by atoms with Gasteiger partial charge < -0.3 is 5.32 Å². The Hall–Kier alpha value is -1.66. The second-order valence-corrected chi connectivity index (χ2v) is 8.58. The van der Waals surface area contributed by atoms with Gasteiger partial charge in [-0.05, 0) is 36.2 Å². The molecule has 0 bridgehead atoms. The first-order valence-corrected chi connectivity index (χ1v) is 9.99. The lowest BCUT2D eigenvalue weighted by Crippen LogP contribution is -2.37. The van der Waals surface area contributed by atoms with Gasteiger partial charge in [-0.25, -0.2) is 0 Å². The molecule has 0 aliphatic heterocycles. The van der Waals surface area contributed by atoms with Crippen molar-refractivity contribution in [2.75, 3.05) is 13.6 Å². The summed E-state index contributed by atoms with van der Waals surface area (Å²) in [4.78, 5) is 16.8. The van der Waals surface area contributed by atoms with Crippen LogP contribution >= 0.6 is 34.3 Å². The third-order valence-electron chi connectivity index (χ3n) is 3.73. The summed E-state index contributed by atoms with van der Waals surface area (Å²) in [5.74, 6) is 0.00686. The fourth-order valence-electron chi connectivity index (χ4n) is 2.63. The van der Waals surface area contributed by atoms with E-state index in [4.69, 9.17) is 11.6 Å². The second kappa shape index (κ2) is 8.63. The highest BCUT2D eigenvalue weighted by atomic mass is 35.5. The molecule has 0 saturated heterocycles. The fourth-order valence-corrected chi connectivity index (χ4v) is 4.60. The van der Waals surface area contributed by atoms with Crippen LogP contribution in [0.1, 0.15) is 21.4 Å². The number of carbonyl (C=O) groups excluding carboxylic acids is 1. The molecule has 6 heteroatoms. The molecule has 0 spiro atoms. The number of carbonyl (C=O) groups is 1. The van der Waals surface area contributed by atoms with Gasteiger partial charge in [0.2, 0.25) is 5.91 Å². The molecule has 3 rings (SSSR count). The minimum Gasteiger partial charge on any atom is -0.343 e. The topological polar surface area (TPSA) is 32.3 Å². The molecule has 3 nitrogen and oxygen atoms in total. The van der Waals surface area contributed by atoms with Crippen LogP contribution in [0.4, 0.5) is 0 Å². The van der Waals surface area contributed by atoms with Crippen LogP contribution in [0, 0.1) is 0 Å². The van der Waals surface area contributed by atoms with Gasteiger partial charge in [-0.2, -0.15) is 0 Å². The maximum Gasteiger partial charge on any atom is 0.234 e. The molecule has 0 aliphatic rings. The predicted molar refractivity (Wildman–Crippen MR) is 106 cm³/mol. The Morgan fingerprint density at radius 2 is 1.96 bits per heavy atom. The van der Waals surface area contributed by atoms with Gasteiger partial charge in [-0.3, -0.25) is 9.69 Å². The molecule has 0 aliphatic carbocycles. The number of hydrogen-bond donors (Lipinski definition) is 1. The van der Waals surface area contributed by atoms with E-state index in [2.05, 4.69) is 11.4 Å². The number of nitrogens with one attached hydrogen (secondary N) is 1. The van der Waals surface area contributed by atoms with Gasteiger partial charge >= 0.3 is 0 Å². The van der Waals surface area contributed by atoms with Crippen molar-refractivity contribution in [1.82, 2.24) is 10.2 Å². The summed E-state index contributed by atoms with van der Waals surface area (Å²) < 4.78 is 0.773. The lowest BCUT2D eigenvalue weighted by molar-refractivity contribution is -0.122. The van der Waals surface area contributed by atoms with Gasteiger partial charge in [-0.15, -0.1) is 22.7 Å². The highest BCUT2D eigenvalue weighted by Crippen LogP contribution is 2.26. The monoisotopic (exact) mass is 390 g/mol. The van der Waals surface area contributed by atoms with E-state index in [1.165, 1.54) is 0 Å². The van der Waals surface area contributed by atoms with Gasteiger partial charge in [-0.1, -0.05) is 48.0 Å². The Labute approximate surface area is 160 Å². The first kappa shape index (κ1) is 18.1. The van der Waals surface area contributed by atoms with Crippen LogP contribution in [0.2, 0.25) is 4.34 Å². The lowest BCUT2D eigenvalue weighted by Gasteiger charge is -2.21. The molecule has 1 amide bonds. The molecule has 3 aromatic rings. The highest BCUT2D eigenvalue weighted by Gasteiger charge is 2.18. The lowest BCUT2D eigenvalue weighted by atomic mass is 10.1. The van der Waals surface area contributed by atoms with Gasteiger partial charge in [0.1, 0.15) is 0 Å². The summed E-state index contributed by atoms with van der Waals surface area (Å²) in [7, 11) is 1.94. The van der Waals surface area contributed by atoms with Crippen molar-refractivity contribution in [2.24, 2.45) is 0 Å². The second-order valence-electron chi connectivity index (χ2n) is 5.80. The van der Waals surface area contributed by atoms with Crippen LogP contribution in [0.3, 0.4) is 0 Å². The van der Waals surface area contributed by atoms with Crippen molar-refractivity contribution < 1.29 is 4.79 Å². The number of nitrogens with zero attached hydrogens (tertiary/aromatic N) is 1. The molecule has 25 heavy (non-hydrogen) atoms. The van der Waals surface area contributed by atoms with Crippen LogP contribution in [0.15, 0.2) is 60.0 Å². The maximum atomic E-state index is 12.6. The normalized spacial score (nSPS) is 12.3. The average molecular weight is 391 g/mol. The summed E-state index contributed by atoms with van der Waals surface area (Å²) >= 11 is 9.16. The number of benzene rings is 1. The van der Waals surface area contributed by atoms with Crippen molar-refractivity contribution in [2.45, 2.75) is 12.6 Å². The van der Waals surface area contributed by atoms with Crippen molar-refractivity contribution in [1.29, 1.82) is 0 Å². The van der Waals surface area contributed by atoms with E-state index in [1.807, 2.05) is 65.9 Å². The quantitative estimate of drug-likeness (QED) is 0.628. The van der Waals surface area contributed by atoms with Crippen molar-refractivity contribution in [3.05, 3.63) is 79.6 Å². The third kappa shape index (κ3) is 5.16. The molecule has 0 fully saturated rings. The molecule has 1 aromatic carbocycles. The maximum absolute atomic E-state index is 12.6. The zero-order chi connectivity index (χ0) is 17.6. The van der Waals surface area contributed by atoms with Crippen molar-refractivity contribution >= 4 is 40.2 Å². The van der Waals surface area contributed by atoms with Gasteiger partial charge in [0.05, 0.1) is 16.9 Å². The largest absolute Gasteiger partial charge is 0.343 e. The summed E-state index contributed by atoms with van der Waals surface area (Å²) in [5, 5.41) is 5.20. The SMILES string of the molecule is CN(CC(=O)N[C@@H](c1ccccc1)c1cccs1)Cc1ccc(Cl)s1. The van der Waals surface area contributed by atoms with Crippen molar-refractivity contribution in [3.8, 4) is 0 Å². The molecular weight excluding hydrogens is 372 g/mol. The fraction of sp³-hybridized carbons (Fsp3) is 0.211. The number of hydrogen-bond acceptors (Lipinski definition) is 4. The molecule has 2 aromatic heterocycles. The number of likely N-dealkylation sites (N-methyl/N-ethyl adjacent to an activating group) is 1. The minimum absolute atomic E-state index is 0.00686. The number of thiophene rings is 2. The third-order valence-corrected chi connectivity index (χ3v) is 5.89. The van der Waals surface area contributed by atoms with E-state index in [1.54, 1.807) is 22.7 Å². The van der Waals surface area contributed by atoms with E-state index in [0.717, 1.165) is 19.7 Å².